The van der Waals surface area contributed by atoms with Crippen molar-refractivity contribution < 1.29 is 18.3 Å². The van der Waals surface area contributed by atoms with E-state index < -0.39 is 6.61 Å². The number of hydrogen-bond donors (Lipinski definition) is 1. The highest BCUT2D eigenvalue weighted by Crippen LogP contribution is 2.31. The second-order valence-electron chi connectivity index (χ2n) is 5.20. The standard InChI is InChI=1S/C16H15F2N5O2/c17-16(18)25-13-6-5-12(11-3-1-7-20-15(11)13)22-14(24)4-2-8-23-10-19-9-21-23/h1,3,5-7,9-10,16H,2,4,8H2,(H,22,24). The number of anilines is 1. The summed E-state index contributed by atoms with van der Waals surface area (Å²) in [5.41, 5.74) is 0.763. The first-order valence-electron chi connectivity index (χ1n) is 7.58. The fourth-order valence-electron chi connectivity index (χ4n) is 2.41. The summed E-state index contributed by atoms with van der Waals surface area (Å²) >= 11 is 0. The SMILES string of the molecule is O=C(CCCn1cncn1)Nc1ccc(OC(F)F)c2ncccc12. The van der Waals surface area contributed by atoms with E-state index in [2.05, 4.69) is 25.1 Å². The summed E-state index contributed by atoms with van der Waals surface area (Å²) < 4.78 is 31.1. The molecule has 3 aromatic rings. The number of aromatic nitrogens is 4. The number of halogens is 2. The second kappa shape index (κ2) is 7.65. The molecule has 7 nitrogen and oxygen atoms in total. The van der Waals surface area contributed by atoms with Crippen LogP contribution in [0, 0.1) is 0 Å². The number of carbonyl (C=O) groups is 1. The van der Waals surface area contributed by atoms with Crippen molar-refractivity contribution in [3.63, 3.8) is 0 Å². The number of nitrogens with zero attached hydrogens (tertiary/aromatic N) is 4. The van der Waals surface area contributed by atoms with Crippen LogP contribution in [0.15, 0.2) is 43.1 Å². The minimum Gasteiger partial charge on any atom is -0.432 e. The fraction of sp³-hybridized carbons (Fsp3) is 0.250. The average Bonchev–Trinajstić information content (AvgIpc) is 3.10. The van der Waals surface area contributed by atoms with E-state index in [9.17, 15) is 13.6 Å². The number of rotatable bonds is 7. The van der Waals surface area contributed by atoms with Crippen molar-refractivity contribution in [1.82, 2.24) is 19.7 Å². The zero-order valence-electron chi connectivity index (χ0n) is 13.1. The quantitative estimate of drug-likeness (QED) is 0.711. The van der Waals surface area contributed by atoms with Crippen LogP contribution in [0.5, 0.6) is 5.75 Å². The summed E-state index contributed by atoms with van der Waals surface area (Å²) in [7, 11) is 0. The van der Waals surface area contributed by atoms with Gasteiger partial charge in [-0.3, -0.25) is 14.5 Å². The summed E-state index contributed by atoms with van der Waals surface area (Å²) in [6.45, 7) is -2.36. The van der Waals surface area contributed by atoms with E-state index in [0.717, 1.165) is 0 Å². The molecule has 0 aliphatic carbocycles. The predicted octanol–water partition coefficient (Wildman–Crippen LogP) is 2.85. The van der Waals surface area contributed by atoms with E-state index >= 15 is 0 Å². The molecule has 9 heteroatoms. The van der Waals surface area contributed by atoms with Gasteiger partial charge in [0.1, 0.15) is 18.2 Å². The molecule has 0 aliphatic heterocycles. The number of alkyl halides is 2. The van der Waals surface area contributed by atoms with E-state index in [1.165, 1.54) is 24.7 Å². The summed E-state index contributed by atoms with van der Waals surface area (Å²) in [6.07, 6.45) is 5.38. The molecule has 130 valence electrons. The molecule has 2 aromatic heterocycles. The number of ether oxygens (including phenoxy) is 1. The molecule has 1 amide bonds. The van der Waals surface area contributed by atoms with Gasteiger partial charge in [-0.15, -0.1) is 0 Å². The molecular weight excluding hydrogens is 332 g/mol. The lowest BCUT2D eigenvalue weighted by Gasteiger charge is -2.12. The normalized spacial score (nSPS) is 11.0. The maximum atomic E-state index is 12.5. The summed E-state index contributed by atoms with van der Waals surface area (Å²) in [4.78, 5) is 20.0. The lowest BCUT2D eigenvalue weighted by molar-refractivity contribution is -0.116. The van der Waals surface area contributed by atoms with Gasteiger partial charge in [0, 0.05) is 24.5 Å². The number of amides is 1. The molecule has 1 aromatic carbocycles. The predicted molar refractivity (Wildman–Crippen MR) is 86.3 cm³/mol. The number of carbonyl (C=O) groups excluding carboxylic acids is 1. The second-order valence-corrected chi connectivity index (χ2v) is 5.20. The zero-order valence-corrected chi connectivity index (χ0v) is 13.1. The Kier molecular flexibility index (Phi) is 5.12. The topological polar surface area (TPSA) is 81.9 Å². The number of pyridine rings is 1. The molecule has 0 aliphatic rings. The Morgan fingerprint density at radius 2 is 2.20 bits per heavy atom. The Balaban J connectivity index is 1.69. The van der Waals surface area contributed by atoms with Crippen molar-refractivity contribution in [3.05, 3.63) is 43.1 Å². The molecule has 0 atom stereocenters. The molecule has 0 unspecified atom stereocenters. The van der Waals surface area contributed by atoms with Gasteiger partial charge >= 0.3 is 6.61 Å². The largest absolute Gasteiger partial charge is 0.432 e. The molecule has 0 fully saturated rings. The maximum absolute atomic E-state index is 12.5. The first-order chi connectivity index (χ1) is 12.1. The minimum absolute atomic E-state index is 0.0326. The number of nitrogens with one attached hydrogen (secondary N) is 1. The maximum Gasteiger partial charge on any atom is 0.387 e. The molecular formula is C16H15F2N5O2. The monoisotopic (exact) mass is 347 g/mol. The first kappa shape index (κ1) is 16.7. The van der Waals surface area contributed by atoms with Crippen molar-refractivity contribution in [2.45, 2.75) is 26.0 Å². The Bertz CT molecular complexity index is 855. The summed E-state index contributed by atoms with van der Waals surface area (Å²) in [5.74, 6) is -0.220. The third-order valence-electron chi connectivity index (χ3n) is 3.48. The number of hydrogen-bond acceptors (Lipinski definition) is 5. The van der Waals surface area contributed by atoms with Crippen LogP contribution < -0.4 is 10.1 Å². The fourth-order valence-corrected chi connectivity index (χ4v) is 2.41. The Morgan fingerprint density at radius 1 is 1.32 bits per heavy atom. The van der Waals surface area contributed by atoms with Crippen molar-refractivity contribution in [2.24, 2.45) is 0 Å². The van der Waals surface area contributed by atoms with Crippen molar-refractivity contribution in [1.29, 1.82) is 0 Å². The molecule has 2 heterocycles. The minimum atomic E-state index is -2.94. The Labute approximate surface area is 141 Å². The smallest absolute Gasteiger partial charge is 0.387 e. The van der Waals surface area contributed by atoms with E-state index in [1.54, 1.807) is 23.1 Å². The van der Waals surface area contributed by atoms with Gasteiger partial charge in [0.25, 0.3) is 0 Å². The van der Waals surface area contributed by atoms with Gasteiger partial charge in [-0.05, 0) is 30.7 Å². The Morgan fingerprint density at radius 3 is 2.96 bits per heavy atom. The first-order valence-corrected chi connectivity index (χ1v) is 7.58. The third-order valence-corrected chi connectivity index (χ3v) is 3.48. The van der Waals surface area contributed by atoms with Gasteiger partial charge < -0.3 is 10.1 Å². The van der Waals surface area contributed by atoms with E-state index in [1.807, 2.05) is 0 Å². The number of aryl methyl sites for hydroxylation is 1. The van der Waals surface area contributed by atoms with Gasteiger partial charge in [-0.25, -0.2) is 4.98 Å². The third kappa shape index (κ3) is 4.25. The van der Waals surface area contributed by atoms with E-state index in [4.69, 9.17) is 0 Å². The van der Waals surface area contributed by atoms with Crippen LogP contribution in [0.4, 0.5) is 14.5 Å². The van der Waals surface area contributed by atoms with Crippen LogP contribution in [0.25, 0.3) is 10.9 Å². The summed E-state index contributed by atoms with van der Waals surface area (Å²) in [6, 6.07) is 6.24. The van der Waals surface area contributed by atoms with Crippen LogP contribution in [0.1, 0.15) is 12.8 Å². The van der Waals surface area contributed by atoms with E-state index in [-0.39, 0.29) is 23.6 Å². The highest BCUT2D eigenvalue weighted by molar-refractivity contribution is 6.02. The molecule has 0 spiro atoms. The van der Waals surface area contributed by atoms with Crippen LogP contribution >= 0.6 is 0 Å². The lowest BCUT2D eigenvalue weighted by Crippen LogP contribution is -2.13. The van der Waals surface area contributed by atoms with Gasteiger partial charge in [0.2, 0.25) is 5.91 Å². The van der Waals surface area contributed by atoms with E-state index in [0.29, 0.717) is 24.0 Å². The number of fused-ring (bicyclic) bond motifs is 1. The molecule has 0 radical (unpaired) electrons. The average molecular weight is 347 g/mol. The zero-order chi connectivity index (χ0) is 17.6. The molecule has 0 bridgehead atoms. The van der Waals surface area contributed by atoms with Gasteiger partial charge in [-0.1, -0.05) is 0 Å². The Hall–Kier alpha value is -3.10. The lowest BCUT2D eigenvalue weighted by atomic mass is 10.1. The highest BCUT2D eigenvalue weighted by Gasteiger charge is 2.13. The van der Waals surface area contributed by atoms with Crippen LogP contribution in [0.3, 0.4) is 0 Å². The van der Waals surface area contributed by atoms with Crippen molar-refractivity contribution in [2.75, 3.05) is 5.32 Å². The van der Waals surface area contributed by atoms with Crippen molar-refractivity contribution >= 4 is 22.5 Å². The molecule has 3 rings (SSSR count). The van der Waals surface area contributed by atoms with Gasteiger partial charge in [0.15, 0.2) is 5.75 Å². The van der Waals surface area contributed by atoms with Crippen LogP contribution in [0.2, 0.25) is 0 Å². The molecule has 1 N–H and O–H groups in total. The van der Waals surface area contributed by atoms with Crippen LogP contribution in [-0.2, 0) is 11.3 Å². The summed E-state index contributed by atoms with van der Waals surface area (Å²) in [5, 5.41) is 7.27. The van der Waals surface area contributed by atoms with Crippen LogP contribution in [-0.4, -0.2) is 32.3 Å². The number of benzene rings is 1. The van der Waals surface area contributed by atoms with Gasteiger partial charge in [-0.2, -0.15) is 13.9 Å². The molecule has 0 saturated carbocycles. The highest BCUT2D eigenvalue weighted by atomic mass is 19.3. The van der Waals surface area contributed by atoms with Gasteiger partial charge in [0.05, 0.1) is 5.69 Å². The molecule has 25 heavy (non-hydrogen) atoms. The molecule has 0 saturated heterocycles. The van der Waals surface area contributed by atoms with Crippen molar-refractivity contribution in [3.8, 4) is 5.75 Å².